The van der Waals surface area contributed by atoms with Gasteiger partial charge in [-0.3, -0.25) is 0 Å². The van der Waals surface area contributed by atoms with Gasteiger partial charge in [0.2, 0.25) is 0 Å². The van der Waals surface area contributed by atoms with Crippen LogP contribution in [0, 0.1) is 5.82 Å². The molecule has 0 aliphatic rings. The molecule has 0 spiro atoms. The minimum atomic E-state index is -0.239. The van der Waals surface area contributed by atoms with Crippen molar-refractivity contribution >= 4 is 15.9 Å². The molecule has 1 N–H and O–H groups in total. The molecule has 0 aliphatic heterocycles. The third kappa shape index (κ3) is 3.42. The van der Waals surface area contributed by atoms with Crippen LogP contribution in [0.25, 0.3) is 0 Å². The van der Waals surface area contributed by atoms with E-state index in [1.807, 2.05) is 6.92 Å². The molecule has 0 radical (unpaired) electrons. The van der Waals surface area contributed by atoms with Crippen LogP contribution >= 0.6 is 15.9 Å². The lowest BCUT2D eigenvalue weighted by Gasteiger charge is -2.05. The second kappa shape index (κ2) is 5.32. The molecular weight excluding hydrogens is 237 g/mol. The Kier molecular flexibility index (Phi) is 4.35. The van der Waals surface area contributed by atoms with Crippen LogP contribution in [0.5, 0.6) is 0 Å². The maximum Gasteiger partial charge on any atom is 0.123 e. The van der Waals surface area contributed by atoms with Gasteiger partial charge in [0.25, 0.3) is 0 Å². The molecule has 0 saturated carbocycles. The zero-order valence-corrected chi connectivity index (χ0v) is 8.90. The van der Waals surface area contributed by atoms with E-state index in [0.29, 0.717) is 13.2 Å². The highest BCUT2D eigenvalue weighted by molar-refractivity contribution is 9.10. The highest BCUT2D eigenvalue weighted by Crippen LogP contribution is 2.17. The third-order valence-corrected chi connectivity index (χ3v) is 2.29. The molecule has 4 heteroatoms. The van der Waals surface area contributed by atoms with E-state index in [-0.39, 0.29) is 5.82 Å². The summed E-state index contributed by atoms with van der Waals surface area (Å²) in [6, 6.07) is 4.56. The Balaban J connectivity index is 2.59. The summed E-state index contributed by atoms with van der Waals surface area (Å²) in [4.78, 5) is 4.94. The molecule has 2 nitrogen and oxygen atoms in total. The lowest BCUT2D eigenvalue weighted by molar-refractivity contribution is 0.0462. The molecular formula is C9H11BrFNO. The summed E-state index contributed by atoms with van der Waals surface area (Å²) in [6.07, 6.45) is 0. The highest BCUT2D eigenvalue weighted by atomic mass is 79.9. The Morgan fingerprint density at radius 2 is 2.31 bits per heavy atom. The van der Waals surface area contributed by atoms with Gasteiger partial charge >= 0.3 is 0 Å². The number of rotatable bonds is 4. The standard InChI is InChI=1S/C9H11BrFNO/c1-2-13-12-6-7-5-8(11)3-4-9(7)10/h3-5,12H,2,6H2,1H3. The van der Waals surface area contributed by atoms with Crippen LogP contribution in [-0.2, 0) is 11.4 Å². The normalized spacial score (nSPS) is 10.4. The molecule has 0 saturated heterocycles. The second-order valence-electron chi connectivity index (χ2n) is 2.49. The summed E-state index contributed by atoms with van der Waals surface area (Å²) >= 11 is 3.32. The smallest absolute Gasteiger partial charge is 0.123 e. The Hall–Kier alpha value is -0.450. The van der Waals surface area contributed by atoms with Gasteiger partial charge in [-0.1, -0.05) is 15.9 Å². The fourth-order valence-corrected chi connectivity index (χ4v) is 1.30. The van der Waals surface area contributed by atoms with Crippen molar-refractivity contribution in [2.24, 2.45) is 0 Å². The van der Waals surface area contributed by atoms with Crippen molar-refractivity contribution in [2.45, 2.75) is 13.5 Å². The second-order valence-corrected chi connectivity index (χ2v) is 3.34. The van der Waals surface area contributed by atoms with Crippen molar-refractivity contribution in [3.8, 4) is 0 Å². The molecule has 0 amide bonds. The van der Waals surface area contributed by atoms with Crippen molar-refractivity contribution < 1.29 is 9.23 Å². The quantitative estimate of drug-likeness (QED) is 0.653. The Bertz CT molecular complexity index is 280. The van der Waals surface area contributed by atoms with Crippen LogP contribution in [0.1, 0.15) is 12.5 Å². The van der Waals surface area contributed by atoms with Crippen molar-refractivity contribution in [1.82, 2.24) is 5.48 Å². The molecule has 13 heavy (non-hydrogen) atoms. The predicted octanol–water partition coefficient (Wildman–Crippen LogP) is 2.63. The number of hydrogen-bond donors (Lipinski definition) is 1. The van der Waals surface area contributed by atoms with Crippen LogP contribution in [0.3, 0.4) is 0 Å². The molecule has 1 rings (SSSR count). The minimum absolute atomic E-state index is 0.239. The molecule has 0 atom stereocenters. The Morgan fingerprint density at radius 1 is 1.54 bits per heavy atom. The fourth-order valence-electron chi connectivity index (χ4n) is 0.910. The summed E-state index contributed by atoms with van der Waals surface area (Å²) in [7, 11) is 0. The van der Waals surface area contributed by atoms with Gasteiger partial charge in [-0.2, -0.15) is 5.48 Å². The van der Waals surface area contributed by atoms with Crippen LogP contribution in [0.15, 0.2) is 22.7 Å². The largest absolute Gasteiger partial charge is 0.302 e. The molecule has 1 aromatic carbocycles. The lowest BCUT2D eigenvalue weighted by atomic mass is 10.2. The first kappa shape index (κ1) is 10.6. The number of hydrogen-bond acceptors (Lipinski definition) is 2. The van der Waals surface area contributed by atoms with E-state index >= 15 is 0 Å². The number of halogens is 2. The van der Waals surface area contributed by atoms with E-state index in [2.05, 4.69) is 21.4 Å². The number of hydroxylamine groups is 1. The molecule has 0 fully saturated rings. The maximum absolute atomic E-state index is 12.8. The van der Waals surface area contributed by atoms with Gasteiger partial charge in [-0.25, -0.2) is 4.39 Å². The van der Waals surface area contributed by atoms with Crippen LogP contribution in [0.2, 0.25) is 0 Å². The summed E-state index contributed by atoms with van der Waals surface area (Å²) in [6.45, 7) is 2.97. The average Bonchev–Trinajstić information content (AvgIpc) is 2.11. The van der Waals surface area contributed by atoms with E-state index in [0.717, 1.165) is 10.0 Å². The minimum Gasteiger partial charge on any atom is -0.302 e. The lowest BCUT2D eigenvalue weighted by Crippen LogP contribution is -2.14. The molecule has 0 heterocycles. The Labute approximate surface area is 85.2 Å². The van der Waals surface area contributed by atoms with Crippen LogP contribution in [0.4, 0.5) is 4.39 Å². The van der Waals surface area contributed by atoms with Gasteiger partial charge in [0.05, 0.1) is 6.61 Å². The average molecular weight is 248 g/mol. The first-order chi connectivity index (χ1) is 6.24. The fraction of sp³-hybridized carbons (Fsp3) is 0.333. The topological polar surface area (TPSA) is 21.3 Å². The monoisotopic (exact) mass is 247 g/mol. The number of nitrogens with one attached hydrogen (secondary N) is 1. The van der Waals surface area contributed by atoms with Crippen molar-refractivity contribution in [2.75, 3.05) is 6.61 Å². The molecule has 0 aromatic heterocycles. The van der Waals surface area contributed by atoms with Crippen LogP contribution < -0.4 is 5.48 Å². The first-order valence-corrected chi connectivity index (χ1v) is 4.82. The molecule has 0 bridgehead atoms. The predicted molar refractivity (Wildman–Crippen MR) is 52.6 cm³/mol. The van der Waals surface area contributed by atoms with E-state index in [4.69, 9.17) is 4.84 Å². The third-order valence-electron chi connectivity index (χ3n) is 1.52. The molecule has 72 valence electrons. The molecule has 0 unspecified atom stereocenters. The van der Waals surface area contributed by atoms with E-state index < -0.39 is 0 Å². The van der Waals surface area contributed by atoms with Gasteiger partial charge in [0, 0.05) is 11.0 Å². The maximum atomic E-state index is 12.8. The summed E-state index contributed by atoms with van der Waals surface area (Å²) in [5.74, 6) is -0.239. The van der Waals surface area contributed by atoms with Crippen molar-refractivity contribution in [3.63, 3.8) is 0 Å². The summed E-state index contributed by atoms with van der Waals surface area (Å²) in [5, 5.41) is 0. The molecule has 1 aromatic rings. The van der Waals surface area contributed by atoms with Gasteiger partial charge in [-0.15, -0.1) is 0 Å². The van der Waals surface area contributed by atoms with E-state index in [9.17, 15) is 4.39 Å². The highest BCUT2D eigenvalue weighted by Gasteiger charge is 2.00. The summed E-state index contributed by atoms with van der Waals surface area (Å²) in [5.41, 5.74) is 3.56. The zero-order chi connectivity index (χ0) is 9.68. The summed E-state index contributed by atoms with van der Waals surface area (Å²) < 4.78 is 13.6. The van der Waals surface area contributed by atoms with Crippen molar-refractivity contribution in [1.29, 1.82) is 0 Å². The van der Waals surface area contributed by atoms with Gasteiger partial charge in [0.1, 0.15) is 5.82 Å². The Morgan fingerprint density at radius 3 is 3.00 bits per heavy atom. The number of benzene rings is 1. The molecule has 0 aliphatic carbocycles. The van der Waals surface area contributed by atoms with Gasteiger partial charge < -0.3 is 4.84 Å². The zero-order valence-electron chi connectivity index (χ0n) is 7.31. The van der Waals surface area contributed by atoms with Crippen LogP contribution in [-0.4, -0.2) is 6.61 Å². The van der Waals surface area contributed by atoms with E-state index in [1.54, 1.807) is 6.07 Å². The van der Waals surface area contributed by atoms with E-state index in [1.165, 1.54) is 12.1 Å². The van der Waals surface area contributed by atoms with Crippen molar-refractivity contribution in [3.05, 3.63) is 34.1 Å². The van der Waals surface area contributed by atoms with Gasteiger partial charge in [0.15, 0.2) is 0 Å². The SMILES string of the molecule is CCONCc1cc(F)ccc1Br. The van der Waals surface area contributed by atoms with Gasteiger partial charge in [-0.05, 0) is 30.7 Å². The first-order valence-electron chi connectivity index (χ1n) is 4.02.